The number of benzene rings is 1. The van der Waals surface area contributed by atoms with Crippen LogP contribution in [0, 0.1) is 11.3 Å². The second kappa shape index (κ2) is 5.44. The summed E-state index contributed by atoms with van der Waals surface area (Å²) in [5.74, 6) is -0.245. The Labute approximate surface area is 152 Å². The summed E-state index contributed by atoms with van der Waals surface area (Å²) < 4.78 is 5.22. The lowest BCUT2D eigenvalue weighted by molar-refractivity contribution is -0.183. The lowest BCUT2D eigenvalue weighted by Gasteiger charge is -2.62. The number of piperidine rings is 3. The highest BCUT2D eigenvalue weighted by Gasteiger charge is 2.64. The van der Waals surface area contributed by atoms with E-state index in [4.69, 9.17) is 4.74 Å². The summed E-state index contributed by atoms with van der Waals surface area (Å²) in [5.41, 5.74) is 4.12. The van der Waals surface area contributed by atoms with E-state index in [1.165, 1.54) is 29.3 Å². The molecule has 2 N–H and O–H groups in total. The summed E-state index contributed by atoms with van der Waals surface area (Å²) in [7, 11) is 1.43. The van der Waals surface area contributed by atoms with Gasteiger partial charge in [0.05, 0.1) is 19.8 Å². The fourth-order valence-corrected chi connectivity index (χ4v) is 5.88. The van der Waals surface area contributed by atoms with Crippen molar-refractivity contribution in [2.24, 2.45) is 11.3 Å². The molecule has 1 aromatic heterocycles. The number of fused-ring (bicyclic) bond motifs is 4. The van der Waals surface area contributed by atoms with Gasteiger partial charge < -0.3 is 14.8 Å². The molecule has 2 aromatic rings. The summed E-state index contributed by atoms with van der Waals surface area (Å²) in [6, 6.07) is 8.61. The number of carbonyl (C=O) groups excluding carboxylic acids is 1. The number of nitrogens with one attached hydrogen (secondary N) is 1. The van der Waals surface area contributed by atoms with Gasteiger partial charge in [0, 0.05) is 35.1 Å². The number of nitrogens with zero attached hydrogens (tertiary/aromatic N) is 1. The number of hydrogen-bond acceptors (Lipinski definition) is 4. The van der Waals surface area contributed by atoms with Crippen LogP contribution in [0.1, 0.15) is 30.6 Å². The largest absolute Gasteiger partial charge is 0.468 e. The number of methoxy groups -OCH3 is 1. The van der Waals surface area contributed by atoms with E-state index in [0.717, 1.165) is 24.9 Å². The normalized spacial score (nSPS) is 36.3. The van der Waals surface area contributed by atoms with Crippen LogP contribution in [0.5, 0.6) is 0 Å². The SMILES string of the molecule is C/C=C1\CN2[C@H]3Cc4c([nH]c5ccccc45)[C@@H]2C[C@H]1[C@]3(CO)C(=O)OC. The van der Waals surface area contributed by atoms with Crippen molar-refractivity contribution in [2.75, 3.05) is 20.3 Å². The molecule has 3 saturated heterocycles. The van der Waals surface area contributed by atoms with Crippen LogP contribution >= 0.6 is 0 Å². The lowest BCUT2D eigenvalue weighted by Crippen LogP contribution is -2.69. The van der Waals surface area contributed by atoms with Crippen LogP contribution in [-0.2, 0) is 16.0 Å². The maximum Gasteiger partial charge on any atom is 0.316 e. The molecule has 1 unspecified atom stereocenters. The van der Waals surface area contributed by atoms with E-state index in [1.54, 1.807) is 0 Å². The molecule has 6 rings (SSSR count). The monoisotopic (exact) mass is 352 g/mol. The highest BCUT2D eigenvalue weighted by molar-refractivity contribution is 5.86. The number of aliphatic hydroxyl groups excluding tert-OH is 1. The molecule has 4 aliphatic heterocycles. The quantitative estimate of drug-likeness (QED) is 0.644. The number of esters is 1. The van der Waals surface area contributed by atoms with Crippen LogP contribution in [0.15, 0.2) is 35.9 Å². The Morgan fingerprint density at radius 1 is 1.46 bits per heavy atom. The van der Waals surface area contributed by atoms with Crippen molar-refractivity contribution in [2.45, 2.75) is 31.8 Å². The fourth-order valence-electron chi connectivity index (χ4n) is 5.88. The number of aromatic amines is 1. The fraction of sp³-hybridized carbons (Fsp3) is 0.476. The molecule has 0 aliphatic carbocycles. The number of ether oxygens (including phenoxy) is 1. The number of para-hydroxylation sites is 1. The van der Waals surface area contributed by atoms with Crippen LogP contribution in [-0.4, -0.2) is 47.3 Å². The first-order chi connectivity index (χ1) is 12.7. The second-order valence-electron chi connectivity index (χ2n) is 7.81. The van der Waals surface area contributed by atoms with Crippen molar-refractivity contribution in [3.05, 3.63) is 47.2 Å². The van der Waals surface area contributed by atoms with Crippen LogP contribution in [0.2, 0.25) is 0 Å². The minimum atomic E-state index is -0.874. The lowest BCUT2D eigenvalue weighted by atomic mass is 9.55. The molecule has 0 spiro atoms. The van der Waals surface area contributed by atoms with Crippen molar-refractivity contribution in [1.82, 2.24) is 9.88 Å². The Bertz CT molecular complexity index is 930. The first-order valence-corrected chi connectivity index (χ1v) is 9.35. The molecule has 0 amide bonds. The van der Waals surface area contributed by atoms with Crippen LogP contribution in [0.25, 0.3) is 10.9 Å². The molecule has 1 aromatic carbocycles. The van der Waals surface area contributed by atoms with Crippen molar-refractivity contribution in [1.29, 1.82) is 0 Å². The third-order valence-electron chi connectivity index (χ3n) is 7.06. The van der Waals surface area contributed by atoms with Crippen molar-refractivity contribution >= 4 is 16.9 Å². The van der Waals surface area contributed by atoms with Gasteiger partial charge in [-0.25, -0.2) is 0 Å². The molecular formula is C21H24N2O3. The Morgan fingerprint density at radius 2 is 2.27 bits per heavy atom. The van der Waals surface area contributed by atoms with E-state index in [9.17, 15) is 9.90 Å². The van der Waals surface area contributed by atoms with Gasteiger partial charge in [-0.2, -0.15) is 0 Å². The molecule has 5 nitrogen and oxygen atoms in total. The number of hydrogen-bond donors (Lipinski definition) is 2. The zero-order valence-electron chi connectivity index (χ0n) is 15.2. The number of carbonyl (C=O) groups is 1. The third-order valence-corrected chi connectivity index (χ3v) is 7.06. The summed E-state index contributed by atoms with van der Waals surface area (Å²) in [6.45, 7) is 2.72. The number of allylic oxidation sites excluding steroid dienone is 1. The topological polar surface area (TPSA) is 65.6 Å². The Kier molecular flexibility index (Phi) is 3.37. The van der Waals surface area contributed by atoms with Crippen LogP contribution in [0.4, 0.5) is 0 Å². The van der Waals surface area contributed by atoms with Crippen molar-refractivity contribution in [3.8, 4) is 0 Å². The van der Waals surface area contributed by atoms with Gasteiger partial charge in [0.1, 0.15) is 5.41 Å². The molecule has 4 aliphatic rings. The molecule has 0 radical (unpaired) electrons. The molecule has 5 atom stereocenters. The minimum absolute atomic E-state index is 0.0286. The average Bonchev–Trinajstić information content (AvgIpc) is 3.06. The van der Waals surface area contributed by atoms with Gasteiger partial charge in [-0.05, 0) is 31.4 Å². The molecule has 5 heteroatoms. The van der Waals surface area contributed by atoms with Crippen molar-refractivity contribution in [3.63, 3.8) is 0 Å². The average molecular weight is 352 g/mol. The van der Waals surface area contributed by atoms with Gasteiger partial charge in [0.15, 0.2) is 0 Å². The standard InChI is InChI=1S/C21H24N2O3/c1-3-12-10-23-17-9-15(12)21(11-24,20(25)26-2)18(23)8-14-13-6-4-5-7-16(13)22-19(14)17/h3-7,15,17-18,22,24H,8-11H2,1-2H3/b12-3+/t15-,17+,18+,21+/m1/s1. The number of H-pyrrole nitrogens is 1. The van der Waals surface area contributed by atoms with Gasteiger partial charge in [-0.3, -0.25) is 9.69 Å². The van der Waals surface area contributed by atoms with Crippen LogP contribution in [0.3, 0.4) is 0 Å². The van der Waals surface area contributed by atoms with E-state index >= 15 is 0 Å². The number of aromatic nitrogens is 1. The van der Waals surface area contributed by atoms with E-state index in [0.29, 0.717) is 0 Å². The van der Waals surface area contributed by atoms with Gasteiger partial charge in [-0.15, -0.1) is 0 Å². The highest BCUT2D eigenvalue weighted by atomic mass is 16.5. The molecular weight excluding hydrogens is 328 g/mol. The van der Waals surface area contributed by atoms with Gasteiger partial charge in [0.2, 0.25) is 0 Å². The van der Waals surface area contributed by atoms with Crippen molar-refractivity contribution < 1.29 is 14.6 Å². The predicted octanol–water partition coefficient (Wildman–Crippen LogP) is 2.57. The van der Waals surface area contributed by atoms with Gasteiger partial charge >= 0.3 is 5.97 Å². The maximum absolute atomic E-state index is 12.9. The van der Waals surface area contributed by atoms with E-state index in [-0.39, 0.29) is 30.6 Å². The van der Waals surface area contributed by atoms with Gasteiger partial charge in [0.25, 0.3) is 0 Å². The summed E-state index contributed by atoms with van der Waals surface area (Å²) in [4.78, 5) is 19.0. The maximum atomic E-state index is 12.9. The van der Waals surface area contributed by atoms with Gasteiger partial charge in [-0.1, -0.05) is 29.8 Å². The first-order valence-electron chi connectivity index (χ1n) is 9.35. The minimum Gasteiger partial charge on any atom is -0.468 e. The Hall–Kier alpha value is -2.11. The smallest absolute Gasteiger partial charge is 0.316 e. The molecule has 136 valence electrons. The molecule has 0 saturated carbocycles. The van der Waals surface area contributed by atoms with E-state index in [1.807, 2.05) is 13.0 Å². The Balaban J connectivity index is 1.73. The Morgan fingerprint density at radius 3 is 3.00 bits per heavy atom. The predicted molar refractivity (Wildman–Crippen MR) is 98.6 cm³/mol. The number of rotatable bonds is 2. The number of aliphatic hydroxyl groups is 1. The van der Waals surface area contributed by atoms with E-state index < -0.39 is 5.41 Å². The van der Waals surface area contributed by atoms with Crippen LogP contribution < -0.4 is 0 Å². The second-order valence-corrected chi connectivity index (χ2v) is 7.81. The summed E-state index contributed by atoms with van der Waals surface area (Å²) >= 11 is 0. The summed E-state index contributed by atoms with van der Waals surface area (Å²) in [6.07, 6.45) is 3.72. The van der Waals surface area contributed by atoms with E-state index in [2.05, 4.69) is 34.2 Å². The summed E-state index contributed by atoms with van der Waals surface area (Å²) in [5, 5.41) is 11.7. The molecule has 5 heterocycles. The molecule has 4 bridgehead atoms. The third kappa shape index (κ3) is 1.75. The zero-order chi connectivity index (χ0) is 18.1. The molecule has 26 heavy (non-hydrogen) atoms. The first kappa shape index (κ1) is 16.1. The molecule has 3 fully saturated rings. The highest BCUT2D eigenvalue weighted by Crippen LogP contribution is 2.59. The zero-order valence-corrected chi connectivity index (χ0v) is 15.2.